The standard InChI is InChI=1S/C23H17FN4O/c1-2-18-21(15-8-4-3-5-9-15)22-25-14-16-19(28(22)26-18)12-13-27(23(16)29)20-11-7-6-10-17(20)24/h3-14H,2H2,1H3. The lowest BCUT2D eigenvalue weighted by Crippen LogP contribution is -2.19. The molecule has 0 amide bonds. The van der Waals surface area contributed by atoms with Gasteiger partial charge in [0.1, 0.15) is 5.82 Å². The average Bonchev–Trinajstić information content (AvgIpc) is 3.14. The van der Waals surface area contributed by atoms with Crippen LogP contribution >= 0.6 is 0 Å². The quantitative estimate of drug-likeness (QED) is 0.463. The number of pyridine rings is 1. The summed E-state index contributed by atoms with van der Waals surface area (Å²) in [6, 6.07) is 18.0. The number of para-hydroxylation sites is 1. The Hall–Kier alpha value is -3.80. The molecule has 5 aromatic rings. The topological polar surface area (TPSA) is 52.2 Å². The number of hydrogen-bond acceptors (Lipinski definition) is 3. The maximum Gasteiger partial charge on any atom is 0.266 e. The molecule has 0 saturated carbocycles. The molecule has 0 unspecified atom stereocenters. The molecule has 5 nitrogen and oxygen atoms in total. The summed E-state index contributed by atoms with van der Waals surface area (Å²) < 4.78 is 17.2. The van der Waals surface area contributed by atoms with Gasteiger partial charge >= 0.3 is 0 Å². The summed E-state index contributed by atoms with van der Waals surface area (Å²) in [6.07, 6.45) is 3.87. The van der Waals surface area contributed by atoms with Gasteiger partial charge in [0.2, 0.25) is 0 Å². The van der Waals surface area contributed by atoms with Crippen molar-refractivity contribution >= 4 is 16.6 Å². The summed E-state index contributed by atoms with van der Waals surface area (Å²) in [4.78, 5) is 17.6. The normalized spacial score (nSPS) is 11.4. The first-order valence-electron chi connectivity index (χ1n) is 9.41. The third kappa shape index (κ3) is 2.64. The number of halogens is 1. The molecule has 29 heavy (non-hydrogen) atoms. The second-order valence-corrected chi connectivity index (χ2v) is 6.78. The highest BCUT2D eigenvalue weighted by molar-refractivity contribution is 5.86. The van der Waals surface area contributed by atoms with Crippen molar-refractivity contribution in [3.63, 3.8) is 0 Å². The van der Waals surface area contributed by atoms with E-state index in [0.717, 1.165) is 23.2 Å². The molecule has 5 rings (SSSR count). The van der Waals surface area contributed by atoms with E-state index in [-0.39, 0.29) is 11.2 Å². The summed E-state index contributed by atoms with van der Waals surface area (Å²) in [5, 5.41) is 5.11. The van der Waals surface area contributed by atoms with Crippen molar-refractivity contribution in [1.29, 1.82) is 0 Å². The van der Waals surface area contributed by atoms with Crippen LogP contribution in [-0.4, -0.2) is 19.2 Å². The highest BCUT2D eigenvalue weighted by Gasteiger charge is 2.18. The number of benzene rings is 2. The van der Waals surface area contributed by atoms with E-state index < -0.39 is 5.82 Å². The molecule has 0 atom stereocenters. The van der Waals surface area contributed by atoms with Crippen LogP contribution in [0.5, 0.6) is 0 Å². The van der Waals surface area contributed by atoms with Crippen LogP contribution in [0.2, 0.25) is 0 Å². The van der Waals surface area contributed by atoms with Crippen LogP contribution in [0.3, 0.4) is 0 Å². The Kier molecular flexibility index (Phi) is 3.98. The van der Waals surface area contributed by atoms with E-state index in [0.29, 0.717) is 16.6 Å². The van der Waals surface area contributed by atoms with Crippen LogP contribution in [0.25, 0.3) is 33.4 Å². The molecule has 0 radical (unpaired) electrons. The molecule has 6 heteroatoms. The third-order valence-corrected chi connectivity index (χ3v) is 5.09. The van der Waals surface area contributed by atoms with Crippen LogP contribution in [0.1, 0.15) is 12.6 Å². The molecule has 0 saturated heterocycles. The zero-order valence-electron chi connectivity index (χ0n) is 15.7. The monoisotopic (exact) mass is 384 g/mol. The minimum absolute atomic E-state index is 0.208. The van der Waals surface area contributed by atoms with Crippen LogP contribution in [-0.2, 0) is 6.42 Å². The van der Waals surface area contributed by atoms with Gasteiger partial charge in [0, 0.05) is 18.0 Å². The maximum atomic E-state index is 14.2. The van der Waals surface area contributed by atoms with E-state index in [9.17, 15) is 9.18 Å². The molecule has 0 fully saturated rings. The smallest absolute Gasteiger partial charge is 0.266 e. The van der Waals surface area contributed by atoms with Gasteiger partial charge in [-0.15, -0.1) is 0 Å². The van der Waals surface area contributed by atoms with Crippen molar-refractivity contribution in [2.24, 2.45) is 0 Å². The van der Waals surface area contributed by atoms with Crippen LogP contribution < -0.4 is 5.56 Å². The number of aromatic nitrogens is 4. The molecule has 0 N–H and O–H groups in total. The first kappa shape index (κ1) is 17.3. The number of fused-ring (bicyclic) bond motifs is 3. The highest BCUT2D eigenvalue weighted by atomic mass is 19.1. The van der Waals surface area contributed by atoms with Crippen molar-refractivity contribution in [3.8, 4) is 16.8 Å². The minimum atomic E-state index is -0.457. The Labute approximate surface area is 165 Å². The van der Waals surface area contributed by atoms with Crippen molar-refractivity contribution in [1.82, 2.24) is 19.2 Å². The van der Waals surface area contributed by atoms with Gasteiger partial charge < -0.3 is 0 Å². The van der Waals surface area contributed by atoms with Gasteiger partial charge in [0.25, 0.3) is 5.56 Å². The average molecular weight is 384 g/mol. The Morgan fingerprint density at radius 1 is 1.00 bits per heavy atom. The predicted octanol–water partition coefficient (Wildman–Crippen LogP) is 4.40. The molecule has 3 heterocycles. The molecular formula is C23H17FN4O. The molecule has 0 aliphatic carbocycles. The molecular weight excluding hydrogens is 367 g/mol. The van der Waals surface area contributed by atoms with Gasteiger partial charge in [0.05, 0.1) is 22.3 Å². The van der Waals surface area contributed by atoms with Gasteiger partial charge in [-0.25, -0.2) is 13.9 Å². The maximum absolute atomic E-state index is 14.2. The molecule has 0 bridgehead atoms. The van der Waals surface area contributed by atoms with Gasteiger partial charge in [-0.1, -0.05) is 49.4 Å². The van der Waals surface area contributed by atoms with Gasteiger partial charge in [-0.05, 0) is 30.2 Å². The molecule has 3 aromatic heterocycles. The number of aryl methyl sites for hydroxylation is 1. The Balaban J connectivity index is 1.81. The van der Waals surface area contributed by atoms with Gasteiger partial charge in [0.15, 0.2) is 5.65 Å². The van der Waals surface area contributed by atoms with E-state index in [1.807, 2.05) is 37.3 Å². The molecule has 0 aliphatic rings. The molecule has 142 valence electrons. The lowest BCUT2D eigenvalue weighted by molar-refractivity contribution is 0.616. The molecule has 2 aromatic carbocycles. The van der Waals surface area contributed by atoms with Crippen molar-refractivity contribution < 1.29 is 4.39 Å². The summed E-state index contributed by atoms with van der Waals surface area (Å²) in [5.41, 5.74) is 4.12. The van der Waals surface area contributed by atoms with Gasteiger partial charge in [-0.3, -0.25) is 9.36 Å². The number of nitrogens with zero attached hydrogens (tertiary/aromatic N) is 4. The van der Waals surface area contributed by atoms with Crippen molar-refractivity contribution in [2.45, 2.75) is 13.3 Å². The fraction of sp³-hybridized carbons (Fsp3) is 0.0870. The van der Waals surface area contributed by atoms with E-state index in [2.05, 4.69) is 4.98 Å². The Bertz CT molecular complexity index is 1420. The zero-order valence-corrected chi connectivity index (χ0v) is 15.7. The first-order valence-corrected chi connectivity index (χ1v) is 9.41. The van der Waals surface area contributed by atoms with E-state index in [4.69, 9.17) is 5.10 Å². The third-order valence-electron chi connectivity index (χ3n) is 5.09. The second-order valence-electron chi connectivity index (χ2n) is 6.78. The van der Waals surface area contributed by atoms with Crippen LogP contribution in [0.15, 0.2) is 77.9 Å². The number of rotatable bonds is 3. The summed E-state index contributed by atoms with van der Waals surface area (Å²) in [6.45, 7) is 2.04. The molecule has 0 spiro atoms. The van der Waals surface area contributed by atoms with Gasteiger partial charge in [-0.2, -0.15) is 5.10 Å². The lowest BCUT2D eigenvalue weighted by atomic mass is 10.0. The largest absolute Gasteiger partial charge is 0.281 e. The summed E-state index contributed by atoms with van der Waals surface area (Å²) in [7, 11) is 0. The van der Waals surface area contributed by atoms with E-state index in [1.54, 1.807) is 41.2 Å². The van der Waals surface area contributed by atoms with Crippen molar-refractivity contribution in [2.75, 3.05) is 0 Å². The minimum Gasteiger partial charge on any atom is -0.281 e. The molecule has 0 aliphatic heterocycles. The second kappa shape index (κ2) is 6.67. The summed E-state index contributed by atoms with van der Waals surface area (Å²) in [5.74, 6) is -0.457. The Morgan fingerprint density at radius 2 is 1.76 bits per heavy atom. The van der Waals surface area contributed by atoms with E-state index in [1.165, 1.54) is 10.6 Å². The SMILES string of the molecule is CCc1nn2c(ncc3c(=O)n(-c4ccccc4F)ccc32)c1-c1ccccc1. The summed E-state index contributed by atoms with van der Waals surface area (Å²) >= 11 is 0. The zero-order chi connectivity index (χ0) is 20.0. The Morgan fingerprint density at radius 3 is 2.52 bits per heavy atom. The predicted molar refractivity (Wildman–Crippen MR) is 111 cm³/mol. The van der Waals surface area contributed by atoms with Crippen molar-refractivity contribution in [3.05, 3.63) is 94.9 Å². The van der Waals surface area contributed by atoms with E-state index >= 15 is 0 Å². The fourth-order valence-electron chi connectivity index (χ4n) is 3.70. The lowest BCUT2D eigenvalue weighted by Gasteiger charge is -2.09. The highest BCUT2D eigenvalue weighted by Crippen LogP contribution is 2.29. The van der Waals surface area contributed by atoms with Crippen LogP contribution in [0, 0.1) is 5.82 Å². The first-order chi connectivity index (χ1) is 14.2. The number of hydrogen-bond donors (Lipinski definition) is 0. The fourth-order valence-corrected chi connectivity index (χ4v) is 3.70. The van der Waals surface area contributed by atoms with Crippen LogP contribution in [0.4, 0.5) is 4.39 Å².